The van der Waals surface area contributed by atoms with Crippen LogP contribution in [0.1, 0.15) is 57.2 Å². The van der Waals surface area contributed by atoms with Crippen molar-refractivity contribution in [2.45, 2.75) is 71.3 Å². The van der Waals surface area contributed by atoms with Gasteiger partial charge in [0.1, 0.15) is 24.2 Å². The van der Waals surface area contributed by atoms with E-state index in [2.05, 4.69) is 27.7 Å². The quantitative estimate of drug-likeness (QED) is 0.239. The fraction of sp³-hybridized carbons (Fsp3) is 0.567. The first-order valence-corrected chi connectivity index (χ1v) is 14.1. The van der Waals surface area contributed by atoms with E-state index in [1.54, 1.807) is 0 Å². The number of carbonyl (C=O) groups excluding carboxylic acids is 1. The topological polar surface area (TPSA) is 104 Å². The number of carboxylic acids is 1. The lowest BCUT2D eigenvalue weighted by Crippen LogP contribution is -2.45. The Bertz CT molecular complexity index is 1080. The predicted octanol–water partition coefficient (Wildman–Crippen LogP) is 4.78. The molecule has 0 saturated heterocycles. The van der Waals surface area contributed by atoms with Gasteiger partial charge in [-0.25, -0.2) is 18.6 Å². The summed E-state index contributed by atoms with van der Waals surface area (Å²) in [6.45, 7) is 5.67. The normalized spacial score (nSPS) is 13.9. The summed E-state index contributed by atoms with van der Waals surface area (Å²) >= 11 is 0. The Balaban J connectivity index is 1.52. The minimum Gasteiger partial charge on any atom is -0.492 e. The summed E-state index contributed by atoms with van der Waals surface area (Å²) in [5.74, 6) is -0.131. The van der Waals surface area contributed by atoms with Crippen LogP contribution in [0.3, 0.4) is 0 Å². The Labute approximate surface area is 235 Å². The van der Waals surface area contributed by atoms with Gasteiger partial charge in [0.25, 0.3) is 0 Å². The molecule has 0 aliphatic carbocycles. The minimum atomic E-state index is -2.69. The molecule has 1 aromatic carbocycles. The SMILES string of the molecule is CC(C)(CC(=O)NC(CCN(CCCCc1ccc2c(n1)NCCC2)CCOc1ccccc1)C(=O)O)C(F)F. The number of amides is 1. The molecule has 1 aliphatic rings. The van der Waals surface area contributed by atoms with Gasteiger partial charge in [-0.2, -0.15) is 0 Å². The molecular weight excluding hydrogens is 518 g/mol. The summed E-state index contributed by atoms with van der Waals surface area (Å²) in [6, 6.07) is 12.5. The zero-order valence-electron chi connectivity index (χ0n) is 23.5. The van der Waals surface area contributed by atoms with Crippen LogP contribution in [0, 0.1) is 5.41 Å². The summed E-state index contributed by atoms with van der Waals surface area (Å²) in [4.78, 5) is 31.1. The number of para-hydroxylation sites is 1. The highest BCUT2D eigenvalue weighted by Crippen LogP contribution is 2.28. The van der Waals surface area contributed by atoms with Gasteiger partial charge >= 0.3 is 5.97 Å². The highest BCUT2D eigenvalue weighted by atomic mass is 19.3. The molecule has 0 spiro atoms. The monoisotopic (exact) mass is 560 g/mol. The highest BCUT2D eigenvalue weighted by Gasteiger charge is 2.33. The largest absolute Gasteiger partial charge is 0.492 e. The molecule has 1 amide bonds. The third-order valence-electron chi connectivity index (χ3n) is 7.10. The lowest BCUT2D eigenvalue weighted by molar-refractivity contribution is -0.142. The van der Waals surface area contributed by atoms with Crippen molar-refractivity contribution in [2.24, 2.45) is 5.41 Å². The van der Waals surface area contributed by atoms with E-state index < -0.39 is 36.2 Å². The van der Waals surface area contributed by atoms with E-state index in [4.69, 9.17) is 9.72 Å². The zero-order chi connectivity index (χ0) is 29.0. The van der Waals surface area contributed by atoms with Crippen LogP contribution >= 0.6 is 0 Å². The number of aliphatic carboxylic acids is 1. The van der Waals surface area contributed by atoms with Crippen LogP contribution in [0.2, 0.25) is 0 Å². The molecule has 0 saturated carbocycles. The number of fused-ring (bicyclic) bond motifs is 1. The second-order valence-electron chi connectivity index (χ2n) is 11.0. The van der Waals surface area contributed by atoms with E-state index in [0.717, 1.165) is 62.5 Å². The van der Waals surface area contributed by atoms with E-state index in [0.29, 0.717) is 19.7 Å². The summed E-state index contributed by atoms with van der Waals surface area (Å²) in [5.41, 5.74) is 0.779. The van der Waals surface area contributed by atoms with Crippen molar-refractivity contribution >= 4 is 17.7 Å². The standard InChI is InChI=1S/C30H42F2N4O4/c1-30(2,29(31)32)21-26(37)35-25(28(38)39)15-18-36(19-20-40-24-11-4-3-5-12-24)17-7-6-10-23-14-13-22-9-8-16-33-27(22)34-23/h3-5,11-14,25,29H,6-10,15-21H2,1-2H3,(H,33,34)(H,35,37)(H,38,39). The molecule has 1 aromatic heterocycles. The molecule has 8 nitrogen and oxygen atoms in total. The van der Waals surface area contributed by atoms with Gasteiger partial charge in [0.05, 0.1) is 0 Å². The number of ether oxygens (including phenoxy) is 1. The first kappa shape index (κ1) is 31.3. The van der Waals surface area contributed by atoms with Crippen LogP contribution < -0.4 is 15.4 Å². The summed E-state index contributed by atoms with van der Waals surface area (Å²) in [6.07, 6.45) is 1.84. The summed E-state index contributed by atoms with van der Waals surface area (Å²) in [5, 5.41) is 15.5. The molecule has 220 valence electrons. The Morgan fingerprint density at radius 3 is 2.62 bits per heavy atom. The number of benzene rings is 1. The van der Waals surface area contributed by atoms with E-state index in [9.17, 15) is 23.5 Å². The molecule has 10 heteroatoms. The Morgan fingerprint density at radius 2 is 1.90 bits per heavy atom. The minimum absolute atomic E-state index is 0.152. The van der Waals surface area contributed by atoms with Gasteiger partial charge in [0.2, 0.25) is 12.3 Å². The van der Waals surface area contributed by atoms with Crippen molar-refractivity contribution in [1.82, 2.24) is 15.2 Å². The maximum atomic E-state index is 13.2. The molecule has 1 aliphatic heterocycles. The van der Waals surface area contributed by atoms with Crippen LogP contribution in [-0.4, -0.2) is 72.1 Å². The molecule has 1 unspecified atom stereocenters. The van der Waals surface area contributed by atoms with Crippen molar-refractivity contribution in [3.8, 4) is 5.75 Å². The average molecular weight is 561 g/mol. The second-order valence-corrected chi connectivity index (χ2v) is 11.0. The van der Waals surface area contributed by atoms with Crippen LogP contribution in [0.15, 0.2) is 42.5 Å². The zero-order valence-corrected chi connectivity index (χ0v) is 23.5. The number of alkyl halides is 2. The number of hydrogen-bond acceptors (Lipinski definition) is 6. The number of pyridine rings is 1. The van der Waals surface area contributed by atoms with Crippen molar-refractivity contribution in [3.05, 3.63) is 53.7 Å². The lowest BCUT2D eigenvalue weighted by Gasteiger charge is -2.26. The summed E-state index contributed by atoms with van der Waals surface area (Å²) in [7, 11) is 0. The van der Waals surface area contributed by atoms with Crippen LogP contribution in [0.5, 0.6) is 5.75 Å². The number of aromatic nitrogens is 1. The molecule has 0 bridgehead atoms. The maximum absolute atomic E-state index is 13.2. The number of carbonyl (C=O) groups is 2. The summed E-state index contributed by atoms with van der Waals surface area (Å²) < 4.78 is 32.2. The molecule has 3 rings (SSSR count). The predicted molar refractivity (Wildman–Crippen MR) is 151 cm³/mol. The average Bonchev–Trinajstić information content (AvgIpc) is 2.92. The number of anilines is 1. The van der Waals surface area contributed by atoms with E-state index in [-0.39, 0.29) is 6.42 Å². The fourth-order valence-corrected chi connectivity index (χ4v) is 4.60. The van der Waals surface area contributed by atoms with Gasteiger partial charge in [0, 0.05) is 37.2 Å². The van der Waals surface area contributed by atoms with Gasteiger partial charge in [-0.1, -0.05) is 38.1 Å². The number of unbranched alkanes of at least 4 members (excludes halogenated alkanes) is 1. The van der Waals surface area contributed by atoms with Crippen LogP contribution in [0.4, 0.5) is 14.6 Å². The maximum Gasteiger partial charge on any atom is 0.326 e. The second kappa shape index (κ2) is 15.5. The van der Waals surface area contributed by atoms with Gasteiger partial charge in [-0.3, -0.25) is 9.69 Å². The number of rotatable bonds is 17. The van der Waals surface area contributed by atoms with Crippen molar-refractivity contribution in [3.63, 3.8) is 0 Å². The number of nitrogens with zero attached hydrogens (tertiary/aromatic N) is 2. The van der Waals surface area contributed by atoms with E-state index in [1.165, 1.54) is 19.4 Å². The molecule has 2 heterocycles. The van der Waals surface area contributed by atoms with Gasteiger partial charge in [-0.15, -0.1) is 0 Å². The first-order valence-electron chi connectivity index (χ1n) is 14.1. The third kappa shape index (κ3) is 10.4. The van der Waals surface area contributed by atoms with Crippen molar-refractivity contribution in [1.29, 1.82) is 0 Å². The molecule has 3 N–H and O–H groups in total. The number of hydrogen-bond donors (Lipinski definition) is 3. The van der Waals surface area contributed by atoms with Crippen LogP contribution in [-0.2, 0) is 22.4 Å². The molecule has 1 atom stereocenters. The lowest BCUT2D eigenvalue weighted by atomic mass is 9.89. The molecule has 2 aromatic rings. The van der Waals surface area contributed by atoms with Gasteiger partial charge in [-0.05, 0) is 68.8 Å². The number of carboxylic acid groups (broad SMARTS) is 1. The molecule has 40 heavy (non-hydrogen) atoms. The molecule has 0 radical (unpaired) electrons. The van der Waals surface area contributed by atoms with Crippen molar-refractivity contribution in [2.75, 3.05) is 38.1 Å². The molecular formula is C30H42F2N4O4. The fourth-order valence-electron chi connectivity index (χ4n) is 4.60. The van der Waals surface area contributed by atoms with Crippen LogP contribution in [0.25, 0.3) is 0 Å². The number of nitrogens with one attached hydrogen (secondary N) is 2. The Kier molecular flexibility index (Phi) is 12.1. The van der Waals surface area contributed by atoms with Gasteiger partial charge in [0.15, 0.2) is 0 Å². The Hall–Kier alpha value is -3.27. The number of halogens is 2. The first-order chi connectivity index (χ1) is 19.1. The van der Waals surface area contributed by atoms with Gasteiger partial charge < -0.3 is 20.5 Å². The Morgan fingerprint density at radius 1 is 1.12 bits per heavy atom. The highest BCUT2D eigenvalue weighted by molar-refractivity contribution is 5.83. The smallest absolute Gasteiger partial charge is 0.326 e. The number of aryl methyl sites for hydroxylation is 2. The van der Waals surface area contributed by atoms with Crippen molar-refractivity contribution < 1.29 is 28.2 Å². The molecule has 0 fully saturated rings. The van der Waals surface area contributed by atoms with E-state index in [1.807, 2.05) is 30.3 Å². The van der Waals surface area contributed by atoms with E-state index >= 15 is 0 Å². The third-order valence-corrected chi connectivity index (χ3v) is 7.10.